The van der Waals surface area contributed by atoms with Crippen LogP contribution in [0.1, 0.15) is 40.5 Å². The molecule has 0 aromatic rings. The van der Waals surface area contributed by atoms with Crippen molar-refractivity contribution in [2.24, 2.45) is 0 Å². The highest BCUT2D eigenvalue weighted by atomic mass is 79.9. The van der Waals surface area contributed by atoms with Crippen molar-refractivity contribution in [1.29, 1.82) is 0 Å². The molecular weight excluding hydrogens is 246 g/mol. The van der Waals surface area contributed by atoms with Crippen molar-refractivity contribution in [2.45, 2.75) is 50.5 Å². The number of carbonyl (C=O) groups is 1. The van der Waals surface area contributed by atoms with E-state index in [4.69, 9.17) is 0 Å². The van der Waals surface area contributed by atoms with Crippen molar-refractivity contribution in [1.82, 2.24) is 5.32 Å². The number of rotatable bonds is 5. The number of alkyl halides is 1. The Labute approximate surface area is 94.4 Å². The van der Waals surface area contributed by atoms with Crippen LogP contribution in [0.15, 0.2) is 0 Å². The topological polar surface area (TPSA) is 49.3 Å². The minimum atomic E-state index is -0.803. The van der Waals surface area contributed by atoms with E-state index in [1.165, 1.54) is 0 Å². The number of amides is 1. The van der Waals surface area contributed by atoms with Crippen molar-refractivity contribution in [3.05, 3.63) is 0 Å². The van der Waals surface area contributed by atoms with Gasteiger partial charge in [0.2, 0.25) is 5.91 Å². The zero-order chi connectivity index (χ0) is 11.4. The Morgan fingerprint density at radius 2 is 1.93 bits per heavy atom. The molecule has 0 fully saturated rings. The molecule has 0 spiro atoms. The van der Waals surface area contributed by atoms with Gasteiger partial charge < -0.3 is 10.4 Å². The second kappa shape index (κ2) is 5.12. The average molecular weight is 266 g/mol. The minimum absolute atomic E-state index is 0.103. The summed E-state index contributed by atoms with van der Waals surface area (Å²) in [5, 5.41) is 12.5. The molecule has 0 rings (SSSR count). The summed E-state index contributed by atoms with van der Waals surface area (Å²) in [6, 6.07) is 0. The Balaban J connectivity index is 4.00. The fraction of sp³-hybridized carbons (Fsp3) is 0.900. The van der Waals surface area contributed by atoms with Crippen LogP contribution in [0.4, 0.5) is 0 Å². The quantitative estimate of drug-likeness (QED) is 0.746. The van der Waals surface area contributed by atoms with E-state index >= 15 is 0 Å². The van der Waals surface area contributed by atoms with Crippen LogP contribution in [-0.4, -0.2) is 27.5 Å². The van der Waals surface area contributed by atoms with Gasteiger partial charge in [-0.25, -0.2) is 0 Å². The molecule has 0 aliphatic rings. The first-order valence-electron chi connectivity index (χ1n) is 4.88. The Morgan fingerprint density at radius 3 is 2.29 bits per heavy atom. The van der Waals surface area contributed by atoms with Crippen molar-refractivity contribution in [2.75, 3.05) is 6.54 Å². The molecule has 0 heterocycles. The summed E-state index contributed by atoms with van der Waals surface area (Å²) in [5.41, 5.74) is -0.803. The third-order valence-corrected chi connectivity index (χ3v) is 2.32. The molecule has 1 amide bonds. The standard InChI is InChI=1S/C10H20BrNO2/c1-5-6-10(4,14)7-12-8(13)9(2,3)11/h14H,5-7H2,1-4H3,(H,12,13). The zero-order valence-corrected chi connectivity index (χ0v) is 10.9. The summed E-state index contributed by atoms with van der Waals surface area (Å²) < 4.78 is -0.574. The van der Waals surface area contributed by atoms with E-state index in [0.29, 0.717) is 13.0 Å². The van der Waals surface area contributed by atoms with E-state index in [0.717, 1.165) is 6.42 Å². The van der Waals surface area contributed by atoms with Gasteiger partial charge >= 0.3 is 0 Å². The van der Waals surface area contributed by atoms with Crippen molar-refractivity contribution in [3.63, 3.8) is 0 Å². The molecule has 0 radical (unpaired) electrons. The monoisotopic (exact) mass is 265 g/mol. The van der Waals surface area contributed by atoms with Crippen molar-refractivity contribution < 1.29 is 9.90 Å². The number of hydrogen-bond donors (Lipinski definition) is 2. The summed E-state index contributed by atoms with van der Waals surface area (Å²) in [7, 11) is 0. The van der Waals surface area contributed by atoms with Gasteiger partial charge in [-0.05, 0) is 27.2 Å². The van der Waals surface area contributed by atoms with Gasteiger partial charge in [-0.15, -0.1) is 0 Å². The molecule has 0 saturated heterocycles. The Hall–Kier alpha value is -0.0900. The number of aliphatic hydroxyl groups is 1. The van der Waals surface area contributed by atoms with Gasteiger partial charge in [-0.2, -0.15) is 0 Å². The zero-order valence-electron chi connectivity index (χ0n) is 9.35. The van der Waals surface area contributed by atoms with Crippen molar-refractivity contribution in [3.8, 4) is 0 Å². The van der Waals surface area contributed by atoms with Gasteiger partial charge in [0.05, 0.1) is 9.93 Å². The maximum absolute atomic E-state index is 11.4. The highest BCUT2D eigenvalue weighted by molar-refractivity contribution is 9.10. The van der Waals surface area contributed by atoms with Crippen LogP contribution in [0.25, 0.3) is 0 Å². The first-order valence-corrected chi connectivity index (χ1v) is 5.68. The molecule has 0 aliphatic heterocycles. The third-order valence-electron chi connectivity index (χ3n) is 1.96. The maximum atomic E-state index is 11.4. The Bertz CT molecular complexity index is 197. The van der Waals surface area contributed by atoms with E-state index in [1.807, 2.05) is 6.92 Å². The van der Waals surface area contributed by atoms with Crippen molar-refractivity contribution >= 4 is 21.8 Å². The van der Waals surface area contributed by atoms with E-state index in [-0.39, 0.29) is 5.91 Å². The summed E-state index contributed by atoms with van der Waals surface area (Å²) in [6.07, 6.45) is 1.59. The van der Waals surface area contributed by atoms with Crippen LogP contribution in [0.5, 0.6) is 0 Å². The SMILES string of the molecule is CCCC(C)(O)CNC(=O)C(C)(C)Br. The minimum Gasteiger partial charge on any atom is -0.388 e. The molecule has 0 aromatic heterocycles. The lowest BCUT2D eigenvalue weighted by atomic mass is 10.0. The third kappa shape index (κ3) is 5.60. The fourth-order valence-corrected chi connectivity index (χ4v) is 1.25. The molecule has 1 atom stereocenters. The van der Waals surface area contributed by atoms with Crippen LogP contribution in [0.3, 0.4) is 0 Å². The van der Waals surface area contributed by atoms with Crippen LogP contribution in [0, 0.1) is 0 Å². The molecular formula is C10H20BrNO2. The highest BCUT2D eigenvalue weighted by Gasteiger charge is 2.26. The lowest BCUT2D eigenvalue weighted by Crippen LogP contribution is -2.45. The molecule has 4 heteroatoms. The van der Waals surface area contributed by atoms with E-state index < -0.39 is 9.93 Å². The number of hydrogen-bond acceptors (Lipinski definition) is 2. The molecule has 2 N–H and O–H groups in total. The predicted octanol–water partition coefficient (Wildman–Crippen LogP) is 1.83. The van der Waals surface area contributed by atoms with Gasteiger partial charge in [0.25, 0.3) is 0 Å². The second-order valence-corrected chi connectivity index (χ2v) is 6.38. The van der Waals surface area contributed by atoms with Crippen LogP contribution in [-0.2, 0) is 4.79 Å². The second-order valence-electron chi connectivity index (χ2n) is 4.40. The largest absolute Gasteiger partial charge is 0.388 e. The Morgan fingerprint density at radius 1 is 1.43 bits per heavy atom. The van der Waals surface area contributed by atoms with Gasteiger partial charge in [-0.1, -0.05) is 29.3 Å². The van der Waals surface area contributed by atoms with Gasteiger partial charge in [0, 0.05) is 6.54 Å². The normalized spacial score (nSPS) is 16.1. The van der Waals surface area contributed by atoms with Crippen LogP contribution in [0.2, 0.25) is 0 Å². The molecule has 0 saturated carbocycles. The number of halogens is 1. The smallest absolute Gasteiger partial charge is 0.236 e. The Kier molecular flexibility index (Phi) is 5.09. The van der Waals surface area contributed by atoms with Gasteiger partial charge in [0.15, 0.2) is 0 Å². The summed E-state index contributed by atoms with van der Waals surface area (Å²) in [5.74, 6) is -0.103. The molecule has 84 valence electrons. The highest BCUT2D eigenvalue weighted by Crippen LogP contribution is 2.16. The first-order chi connectivity index (χ1) is 6.19. The summed E-state index contributed by atoms with van der Waals surface area (Å²) >= 11 is 3.26. The molecule has 3 nitrogen and oxygen atoms in total. The van der Waals surface area contributed by atoms with Gasteiger partial charge in [0.1, 0.15) is 0 Å². The molecule has 1 unspecified atom stereocenters. The lowest BCUT2D eigenvalue weighted by molar-refractivity contribution is -0.123. The molecule has 0 aromatic carbocycles. The molecule has 0 aliphatic carbocycles. The van der Waals surface area contributed by atoms with Crippen LogP contribution >= 0.6 is 15.9 Å². The summed E-state index contributed by atoms with van der Waals surface area (Å²) in [6.45, 7) is 7.59. The fourth-order valence-electron chi connectivity index (χ4n) is 1.11. The number of nitrogens with one attached hydrogen (secondary N) is 1. The maximum Gasteiger partial charge on any atom is 0.236 e. The summed E-state index contributed by atoms with van der Waals surface area (Å²) in [4.78, 5) is 11.4. The van der Waals surface area contributed by atoms with Gasteiger partial charge in [-0.3, -0.25) is 4.79 Å². The lowest BCUT2D eigenvalue weighted by Gasteiger charge is -2.25. The molecule has 14 heavy (non-hydrogen) atoms. The van der Waals surface area contributed by atoms with Crippen LogP contribution < -0.4 is 5.32 Å². The van der Waals surface area contributed by atoms with E-state index in [9.17, 15) is 9.90 Å². The predicted molar refractivity (Wildman–Crippen MR) is 61.5 cm³/mol. The van der Waals surface area contributed by atoms with E-state index in [1.54, 1.807) is 20.8 Å². The van der Waals surface area contributed by atoms with E-state index in [2.05, 4.69) is 21.2 Å². The molecule has 0 bridgehead atoms. The first kappa shape index (κ1) is 13.9. The average Bonchev–Trinajstić information content (AvgIpc) is 1.98. The number of carbonyl (C=O) groups excluding carboxylic acids is 1.